The summed E-state index contributed by atoms with van der Waals surface area (Å²) in [6.45, 7) is 4.64. The summed E-state index contributed by atoms with van der Waals surface area (Å²) >= 11 is 0. The lowest BCUT2D eigenvalue weighted by Gasteiger charge is -2.35. The third-order valence-electron chi connectivity index (χ3n) is 3.67. The molecule has 1 aliphatic rings. The molecule has 0 radical (unpaired) electrons. The summed E-state index contributed by atoms with van der Waals surface area (Å²) < 4.78 is 35.2. The largest absolute Gasteiger partial charge is 0.480 e. The van der Waals surface area contributed by atoms with Crippen LogP contribution in [-0.2, 0) is 29.1 Å². The smallest absolute Gasteiger partial charge is 0.318 e. The van der Waals surface area contributed by atoms with Crippen LogP contribution >= 0.6 is 0 Å². The van der Waals surface area contributed by atoms with Gasteiger partial charge in [-0.25, -0.2) is 8.42 Å². The maximum Gasteiger partial charge on any atom is 0.318 e. The number of carbonyl (C=O) groups excluding carboxylic acids is 1. The number of carboxylic acid groups (broad SMARTS) is 1. The van der Waals surface area contributed by atoms with E-state index in [4.69, 9.17) is 14.6 Å². The molecule has 1 saturated heterocycles. The number of sulfonamides is 1. The van der Waals surface area contributed by atoms with E-state index >= 15 is 0 Å². The fourth-order valence-corrected chi connectivity index (χ4v) is 3.23. The first-order chi connectivity index (χ1) is 11.6. The second-order valence-corrected chi connectivity index (χ2v) is 8.29. The molecule has 146 valence electrons. The summed E-state index contributed by atoms with van der Waals surface area (Å²) in [5.41, 5.74) is 0. The van der Waals surface area contributed by atoms with E-state index in [2.05, 4.69) is 0 Å². The van der Waals surface area contributed by atoms with Gasteiger partial charge in [0.15, 0.2) is 0 Å². The molecule has 0 spiro atoms. The molecule has 1 rings (SSSR count). The van der Waals surface area contributed by atoms with Crippen LogP contribution in [0.25, 0.3) is 0 Å². The monoisotopic (exact) mass is 380 g/mol. The molecule has 0 aromatic carbocycles. The number of hydrogen-bond acceptors (Lipinski definition) is 6. The molecule has 1 fully saturated rings. The summed E-state index contributed by atoms with van der Waals surface area (Å²) in [6, 6.07) is 0. The summed E-state index contributed by atoms with van der Waals surface area (Å²) in [5, 5.41) is 8.85. The van der Waals surface area contributed by atoms with E-state index in [0.717, 1.165) is 10.6 Å². The van der Waals surface area contributed by atoms with E-state index < -0.39 is 28.6 Å². The van der Waals surface area contributed by atoms with Gasteiger partial charge in [-0.05, 0) is 20.3 Å². The van der Waals surface area contributed by atoms with Crippen molar-refractivity contribution in [3.8, 4) is 0 Å². The van der Waals surface area contributed by atoms with Crippen molar-refractivity contribution in [1.29, 1.82) is 0 Å². The topological polar surface area (TPSA) is 113 Å². The molecule has 25 heavy (non-hydrogen) atoms. The normalized spacial score (nSPS) is 18.8. The first kappa shape index (κ1) is 21.8. The standard InChI is InChI=1S/C15H28N2O7S/c1-12(2)23-7-4-5-14(18)16-6-8-24-13(9-16)10-17(11-15(19)20)25(3,21)22/h12-13H,4-11H2,1-3H3,(H,19,20). The second kappa shape index (κ2) is 10.0. The number of hydrogen-bond donors (Lipinski definition) is 1. The Morgan fingerprint density at radius 3 is 2.64 bits per heavy atom. The number of nitrogens with zero attached hydrogens (tertiary/aromatic N) is 2. The van der Waals surface area contributed by atoms with Crippen molar-refractivity contribution in [2.45, 2.75) is 38.9 Å². The zero-order valence-electron chi connectivity index (χ0n) is 15.0. The Hall–Kier alpha value is -1.23. The van der Waals surface area contributed by atoms with E-state index in [0.29, 0.717) is 32.6 Å². The average molecular weight is 380 g/mol. The predicted molar refractivity (Wildman–Crippen MR) is 90.7 cm³/mol. The molecule has 0 saturated carbocycles. The van der Waals surface area contributed by atoms with Gasteiger partial charge >= 0.3 is 5.97 Å². The van der Waals surface area contributed by atoms with Gasteiger partial charge in [-0.3, -0.25) is 9.59 Å². The number of rotatable bonds is 10. The molecule has 1 aliphatic heterocycles. The van der Waals surface area contributed by atoms with E-state index in [1.807, 2.05) is 13.8 Å². The number of carbonyl (C=O) groups is 2. The highest BCUT2D eigenvalue weighted by molar-refractivity contribution is 7.88. The molecule has 1 amide bonds. The van der Waals surface area contributed by atoms with Crippen molar-refractivity contribution >= 4 is 21.9 Å². The molecule has 1 unspecified atom stereocenters. The molecule has 9 nitrogen and oxygen atoms in total. The highest BCUT2D eigenvalue weighted by Gasteiger charge is 2.29. The zero-order valence-corrected chi connectivity index (χ0v) is 15.8. The molecule has 1 heterocycles. The van der Waals surface area contributed by atoms with Crippen molar-refractivity contribution < 1.29 is 32.6 Å². The van der Waals surface area contributed by atoms with Gasteiger partial charge < -0.3 is 19.5 Å². The van der Waals surface area contributed by atoms with Crippen LogP contribution in [0.2, 0.25) is 0 Å². The SMILES string of the molecule is CC(C)OCCCC(=O)N1CCOC(CN(CC(=O)O)S(C)(=O)=O)C1. The molecule has 0 aromatic rings. The summed E-state index contributed by atoms with van der Waals surface area (Å²) in [6.07, 6.45) is 1.51. The quantitative estimate of drug-likeness (QED) is 0.521. The second-order valence-electron chi connectivity index (χ2n) is 6.30. The first-order valence-corrected chi connectivity index (χ1v) is 10.1. The minimum Gasteiger partial charge on any atom is -0.480 e. The Bertz CT molecular complexity index is 550. The lowest BCUT2D eigenvalue weighted by Crippen LogP contribution is -2.51. The van der Waals surface area contributed by atoms with Crippen molar-refractivity contribution in [3.05, 3.63) is 0 Å². The minimum atomic E-state index is -3.67. The van der Waals surface area contributed by atoms with Gasteiger partial charge in [-0.1, -0.05) is 0 Å². The third-order valence-corrected chi connectivity index (χ3v) is 4.88. The highest BCUT2D eigenvalue weighted by atomic mass is 32.2. The predicted octanol–water partition coefficient (Wildman–Crippen LogP) is -0.235. The van der Waals surface area contributed by atoms with Crippen LogP contribution in [0.3, 0.4) is 0 Å². The molecule has 0 bridgehead atoms. The van der Waals surface area contributed by atoms with Crippen LogP contribution in [0.15, 0.2) is 0 Å². The van der Waals surface area contributed by atoms with Crippen LogP contribution in [0.1, 0.15) is 26.7 Å². The van der Waals surface area contributed by atoms with E-state index in [-0.39, 0.29) is 25.1 Å². The van der Waals surface area contributed by atoms with Crippen molar-refractivity contribution in [2.24, 2.45) is 0 Å². The fourth-order valence-electron chi connectivity index (χ4n) is 2.45. The van der Waals surface area contributed by atoms with Crippen LogP contribution in [-0.4, -0.2) is 92.5 Å². The van der Waals surface area contributed by atoms with E-state index in [9.17, 15) is 18.0 Å². The zero-order chi connectivity index (χ0) is 19.0. The van der Waals surface area contributed by atoms with Crippen molar-refractivity contribution in [2.75, 3.05) is 45.6 Å². The maximum atomic E-state index is 12.2. The van der Waals surface area contributed by atoms with Gasteiger partial charge in [-0.2, -0.15) is 4.31 Å². The van der Waals surface area contributed by atoms with Crippen molar-refractivity contribution in [3.63, 3.8) is 0 Å². The van der Waals surface area contributed by atoms with Crippen LogP contribution in [0.4, 0.5) is 0 Å². The molecule has 1 N–H and O–H groups in total. The molecular weight excluding hydrogens is 352 g/mol. The van der Waals surface area contributed by atoms with Crippen LogP contribution in [0.5, 0.6) is 0 Å². The number of morpholine rings is 1. The Morgan fingerprint density at radius 2 is 2.08 bits per heavy atom. The highest BCUT2D eigenvalue weighted by Crippen LogP contribution is 2.11. The Morgan fingerprint density at radius 1 is 1.40 bits per heavy atom. The van der Waals surface area contributed by atoms with Gasteiger partial charge in [0, 0.05) is 32.7 Å². The Labute approximate surface area is 148 Å². The van der Waals surface area contributed by atoms with Crippen LogP contribution in [0, 0.1) is 0 Å². The Balaban J connectivity index is 2.52. The fraction of sp³-hybridized carbons (Fsp3) is 0.867. The number of aliphatic carboxylic acids is 1. The molecular formula is C15H28N2O7S. The third kappa shape index (κ3) is 8.61. The van der Waals surface area contributed by atoms with Crippen molar-refractivity contribution in [1.82, 2.24) is 9.21 Å². The van der Waals surface area contributed by atoms with Gasteiger partial charge in [-0.15, -0.1) is 0 Å². The molecule has 10 heteroatoms. The van der Waals surface area contributed by atoms with Crippen LogP contribution < -0.4 is 0 Å². The van der Waals surface area contributed by atoms with Gasteiger partial charge in [0.25, 0.3) is 0 Å². The molecule has 0 aliphatic carbocycles. The first-order valence-electron chi connectivity index (χ1n) is 8.27. The molecule has 1 atom stereocenters. The van der Waals surface area contributed by atoms with Gasteiger partial charge in [0.1, 0.15) is 6.54 Å². The van der Waals surface area contributed by atoms with E-state index in [1.165, 1.54) is 0 Å². The number of carboxylic acids is 1. The molecule has 0 aromatic heterocycles. The number of ether oxygens (including phenoxy) is 2. The Kier molecular flexibility index (Phi) is 8.77. The lowest BCUT2D eigenvalue weighted by molar-refractivity contribution is -0.141. The lowest BCUT2D eigenvalue weighted by atomic mass is 10.2. The summed E-state index contributed by atoms with van der Waals surface area (Å²) in [7, 11) is -3.67. The van der Waals surface area contributed by atoms with Gasteiger partial charge in [0.2, 0.25) is 15.9 Å². The maximum absolute atomic E-state index is 12.2. The summed E-state index contributed by atoms with van der Waals surface area (Å²) in [5.74, 6) is -1.27. The van der Waals surface area contributed by atoms with Gasteiger partial charge in [0.05, 0.1) is 25.1 Å². The minimum absolute atomic E-state index is 0.0372. The van der Waals surface area contributed by atoms with E-state index in [1.54, 1.807) is 4.90 Å². The average Bonchev–Trinajstić information content (AvgIpc) is 2.49. The number of amides is 1. The summed E-state index contributed by atoms with van der Waals surface area (Å²) in [4.78, 5) is 24.7.